The molecule has 5 heteroatoms. The summed E-state index contributed by atoms with van der Waals surface area (Å²) in [6.45, 7) is 4.32. The van der Waals surface area contributed by atoms with Gasteiger partial charge in [0.1, 0.15) is 5.75 Å². The molecule has 0 bridgehead atoms. The van der Waals surface area contributed by atoms with Crippen molar-refractivity contribution in [1.29, 1.82) is 0 Å². The van der Waals surface area contributed by atoms with Crippen molar-refractivity contribution in [2.45, 2.75) is 57.5 Å². The van der Waals surface area contributed by atoms with E-state index in [1.165, 1.54) is 25.8 Å². The number of ether oxygens (including phenoxy) is 1. The zero-order valence-corrected chi connectivity index (χ0v) is 15.0. The summed E-state index contributed by atoms with van der Waals surface area (Å²) in [5.74, 6) is 0.832. The number of hydrogen-bond acceptors (Lipinski definition) is 4. The van der Waals surface area contributed by atoms with Crippen LogP contribution in [0.5, 0.6) is 5.75 Å². The van der Waals surface area contributed by atoms with E-state index in [1.54, 1.807) is 19.1 Å². The van der Waals surface area contributed by atoms with Crippen LogP contribution in [0.1, 0.15) is 55.8 Å². The lowest BCUT2D eigenvalue weighted by Gasteiger charge is -2.32. The number of nitrogens with one attached hydrogen (secondary N) is 1. The van der Waals surface area contributed by atoms with Crippen LogP contribution in [-0.4, -0.2) is 48.4 Å². The van der Waals surface area contributed by atoms with Crippen molar-refractivity contribution in [3.63, 3.8) is 0 Å². The molecule has 0 aliphatic carbocycles. The Morgan fingerprint density at radius 3 is 2.96 bits per heavy atom. The molecule has 2 aliphatic rings. The van der Waals surface area contributed by atoms with Crippen LogP contribution in [0.2, 0.25) is 0 Å². The fourth-order valence-electron chi connectivity index (χ4n) is 3.92. The highest BCUT2D eigenvalue weighted by molar-refractivity contribution is 5.94. The third kappa shape index (κ3) is 4.82. The van der Waals surface area contributed by atoms with Gasteiger partial charge >= 0.3 is 0 Å². The number of rotatable bonds is 7. The van der Waals surface area contributed by atoms with E-state index >= 15 is 0 Å². The van der Waals surface area contributed by atoms with Gasteiger partial charge in [0.15, 0.2) is 5.78 Å². The molecule has 25 heavy (non-hydrogen) atoms. The van der Waals surface area contributed by atoms with Crippen molar-refractivity contribution in [2.75, 3.05) is 19.7 Å². The lowest BCUT2D eigenvalue weighted by atomic mass is 9.99. The lowest BCUT2D eigenvalue weighted by Crippen LogP contribution is -2.46. The van der Waals surface area contributed by atoms with Gasteiger partial charge in [0.2, 0.25) is 5.91 Å². The van der Waals surface area contributed by atoms with Crippen LogP contribution in [0.3, 0.4) is 0 Å². The molecule has 136 valence electrons. The van der Waals surface area contributed by atoms with E-state index in [0.717, 1.165) is 13.0 Å². The normalized spacial score (nSPS) is 23.1. The highest BCUT2D eigenvalue weighted by Crippen LogP contribution is 2.27. The van der Waals surface area contributed by atoms with Crippen molar-refractivity contribution in [3.05, 3.63) is 29.8 Å². The monoisotopic (exact) mass is 344 g/mol. The van der Waals surface area contributed by atoms with Crippen LogP contribution in [-0.2, 0) is 4.79 Å². The first-order valence-electron chi connectivity index (χ1n) is 9.41. The maximum atomic E-state index is 12.2. The number of benzene rings is 1. The Hall–Kier alpha value is -1.88. The van der Waals surface area contributed by atoms with E-state index in [-0.39, 0.29) is 11.7 Å². The van der Waals surface area contributed by atoms with Crippen molar-refractivity contribution in [3.8, 4) is 5.75 Å². The predicted molar refractivity (Wildman–Crippen MR) is 96.9 cm³/mol. The van der Waals surface area contributed by atoms with Gasteiger partial charge in [0.05, 0.1) is 6.61 Å². The third-order valence-corrected chi connectivity index (χ3v) is 5.26. The summed E-state index contributed by atoms with van der Waals surface area (Å²) >= 11 is 0. The van der Waals surface area contributed by atoms with Gasteiger partial charge in [-0.15, -0.1) is 0 Å². The molecule has 0 aromatic heterocycles. The Morgan fingerprint density at radius 2 is 2.12 bits per heavy atom. The summed E-state index contributed by atoms with van der Waals surface area (Å²) in [4.78, 5) is 26.1. The largest absolute Gasteiger partial charge is 0.494 e. The smallest absolute Gasteiger partial charge is 0.220 e. The lowest BCUT2D eigenvalue weighted by molar-refractivity contribution is -0.122. The third-order valence-electron chi connectivity index (χ3n) is 5.26. The molecule has 2 aliphatic heterocycles. The van der Waals surface area contributed by atoms with E-state index in [2.05, 4.69) is 10.2 Å². The quantitative estimate of drug-likeness (QED) is 0.610. The van der Waals surface area contributed by atoms with E-state index in [0.29, 0.717) is 42.8 Å². The standard InChI is InChI=1S/C20H28N2O3/c1-15(23)16-6-4-7-17(14-16)25-13-5-9-20(24)21-18-10-12-22-11-3-2-8-19(18)22/h4,6-7,14,18-19H,2-3,5,8-13H2,1H3,(H,21,24). The summed E-state index contributed by atoms with van der Waals surface area (Å²) in [5.41, 5.74) is 0.647. The second-order valence-corrected chi connectivity index (χ2v) is 7.10. The van der Waals surface area contributed by atoms with Crippen LogP contribution < -0.4 is 10.1 Å². The summed E-state index contributed by atoms with van der Waals surface area (Å²) in [7, 11) is 0. The fraction of sp³-hybridized carbons (Fsp3) is 0.600. The molecule has 0 spiro atoms. The van der Waals surface area contributed by atoms with Gasteiger partial charge in [0, 0.05) is 30.6 Å². The van der Waals surface area contributed by atoms with Crippen LogP contribution in [0, 0.1) is 0 Å². The Balaban J connectivity index is 1.37. The molecule has 1 amide bonds. The first kappa shape index (κ1) is 17.9. The fourth-order valence-corrected chi connectivity index (χ4v) is 3.92. The number of carbonyl (C=O) groups excluding carboxylic acids is 2. The summed E-state index contributed by atoms with van der Waals surface area (Å²) in [5, 5.41) is 3.22. The molecule has 5 nitrogen and oxygen atoms in total. The SMILES string of the molecule is CC(=O)c1cccc(OCCCC(=O)NC2CCN3CCCCC23)c1. The van der Waals surface area contributed by atoms with Crippen molar-refractivity contribution >= 4 is 11.7 Å². The molecule has 1 aromatic rings. The van der Waals surface area contributed by atoms with Gasteiger partial charge in [0.25, 0.3) is 0 Å². The van der Waals surface area contributed by atoms with Gasteiger partial charge in [-0.3, -0.25) is 14.5 Å². The number of carbonyl (C=O) groups is 2. The van der Waals surface area contributed by atoms with Crippen molar-refractivity contribution in [1.82, 2.24) is 10.2 Å². The Bertz CT molecular complexity index is 617. The molecule has 0 saturated carbocycles. The van der Waals surface area contributed by atoms with Crippen LogP contribution in [0.25, 0.3) is 0 Å². The molecule has 2 unspecified atom stereocenters. The molecule has 0 radical (unpaired) electrons. The predicted octanol–water partition coefficient (Wildman–Crippen LogP) is 2.79. The van der Waals surface area contributed by atoms with E-state index in [9.17, 15) is 9.59 Å². The summed E-state index contributed by atoms with van der Waals surface area (Å²) in [6.07, 6.45) is 6.01. The molecule has 2 saturated heterocycles. The molecule has 2 heterocycles. The molecule has 2 atom stereocenters. The average molecular weight is 344 g/mol. The Kier molecular flexibility index (Phi) is 6.08. The maximum absolute atomic E-state index is 12.2. The molecular formula is C20H28N2O3. The highest BCUT2D eigenvalue weighted by atomic mass is 16.5. The van der Waals surface area contributed by atoms with Crippen molar-refractivity contribution < 1.29 is 14.3 Å². The van der Waals surface area contributed by atoms with E-state index < -0.39 is 0 Å². The van der Waals surface area contributed by atoms with E-state index in [4.69, 9.17) is 4.74 Å². The molecule has 3 rings (SSSR count). The van der Waals surface area contributed by atoms with Crippen LogP contribution in [0.4, 0.5) is 0 Å². The zero-order chi connectivity index (χ0) is 17.6. The van der Waals surface area contributed by atoms with Crippen LogP contribution in [0.15, 0.2) is 24.3 Å². The molecule has 2 fully saturated rings. The van der Waals surface area contributed by atoms with Gasteiger partial charge in [-0.25, -0.2) is 0 Å². The number of hydrogen-bond donors (Lipinski definition) is 1. The number of Topliss-reactive ketones (excluding diaryl/α,β-unsaturated/α-hetero) is 1. The van der Waals surface area contributed by atoms with Crippen molar-refractivity contribution in [2.24, 2.45) is 0 Å². The minimum atomic E-state index is 0.0261. The number of amides is 1. The summed E-state index contributed by atoms with van der Waals surface area (Å²) in [6, 6.07) is 8.04. The molecular weight excluding hydrogens is 316 g/mol. The Morgan fingerprint density at radius 1 is 1.24 bits per heavy atom. The minimum absolute atomic E-state index is 0.0261. The first-order chi connectivity index (χ1) is 12.1. The Labute approximate surface area is 149 Å². The van der Waals surface area contributed by atoms with Gasteiger partial charge in [-0.1, -0.05) is 18.6 Å². The zero-order valence-electron chi connectivity index (χ0n) is 15.0. The maximum Gasteiger partial charge on any atom is 0.220 e. The molecule has 1 N–H and O–H groups in total. The summed E-state index contributed by atoms with van der Waals surface area (Å²) < 4.78 is 5.66. The number of nitrogens with zero attached hydrogens (tertiary/aromatic N) is 1. The minimum Gasteiger partial charge on any atom is -0.494 e. The average Bonchev–Trinajstić information content (AvgIpc) is 3.02. The second kappa shape index (κ2) is 8.48. The number of ketones is 1. The highest BCUT2D eigenvalue weighted by Gasteiger charge is 2.35. The van der Waals surface area contributed by atoms with Gasteiger partial charge in [-0.2, -0.15) is 0 Å². The number of fused-ring (bicyclic) bond motifs is 1. The first-order valence-corrected chi connectivity index (χ1v) is 9.41. The second-order valence-electron chi connectivity index (χ2n) is 7.10. The number of piperidine rings is 1. The van der Waals surface area contributed by atoms with E-state index in [1.807, 2.05) is 12.1 Å². The molecule has 1 aromatic carbocycles. The topological polar surface area (TPSA) is 58.6 Å². The van der Waals surface area contributed by atoms with Gasteiger partial charge in [-0.05, 0) is 51.3 Å². The van der Waals surface area contributed by atoms with Crippen LogP contribution >= 0.6 is 0 Å². The van der Waals surface area contributed by atoms with Gasteiger partial charge < -0.3 is 10.1 Å².